The number of nitrogens with one attached hydrogen (secondary N) is 2. The third-order valence-electron chi connectivity index (χ3n) is 5.45. The van der Waals surface area contributed by atoms with Crippen LogP contribution >= 0.6 is 24.0 Å². The molecule has 0 saturated carbocycles. The van der Waals surface area contributed by atoms with Crippen LogP contribution < -0.4 is 15.5 Å². The Morgan fingerprint density at radius 3 is 2.81 bits per heavy atom. The maximum atomic E-state index is 5.50. The normalized spacial score (nSPS) is 19.5. The monoisotopic (exact) mass is 474 g/mol. The van der Waals surface area contributed by atoms with Gasteiger partial charge in [-0.25, -0.2) is 15.0 Å². The Hall–Kier alpha value is -2.08. The fraction of sp³-hybridized carbons (Fsp3) is 0.571. The Morgan fingerprint density at radius 2 is 2.03 bits per heavy atom. The zero-order chi connectivity index (χ0) is 22.2. The lowest BCUT2D eigenvalue weighted by molar-refractivity contribution is 0.0389. The molecule has 9 nitrogen and oxygen atoms in total. The average molecular weight is 475 g/mol. The van der Waals surface area contributed by atoms with E-state index in [0.717, 1.165) is 63.3 Å². The van der Waals surface area contributed by atoms with E-state index in [1.165, 1.54) is 24.6 Å². The van der Waals surface area contributed by atoms with Gasteiger partial charge in [0.1, 0.15) is 10.8 Å². The van der Waals surface area contributed by atoms with Crippen LogP contribution in [0.2, 0.25) is 0 Å². The molecule has 1 atom stereocenters. The summed E-state index contributed by atoms with van der Waals surface area (Å²) in [4.78, 5) is 22.7. The molecule has 0 radical (unpaired) electrons. The molecule has 0 aliphatic carbocycles. The SMILES string of the molecule is C[C@H]1CCCN(c2cc(Sc3ncccn3)nc(NC(=S)NCCN3CCOCC3)n2)C1. The number of nitrogens with zero attached hydrogens (tertiary/aromatic N) is 6. The highest BCUT2D eigenvalue weighted by atomic mass is 32.2. The van der Waals surface area contributed by atoms with Gasteiger partial charge in [-0.1, -0.05) is 6.92 Å². The van der Waals surface area contributed by atoms with E-state index in [2.05, 4.69) is 42.3 Å². The molecule has 0 spiro atoms. The molecule has 2 saturated heterocycles. The third-order valence-corrected chi connectivity index (χ3v) is 6.51. The Labute approximate surface area is 198 Å². The van der Waals surface area contributed by atoms with Crippen LogP contribution in [-0.4, -0.2) is 82.4 Å². The van der Waals surface area contributed by atoms with Gasteiger partial charge >= 0.3 is 0 Å². The summed E-state index contributed by atoms with van der Waals surface area (Å²) < 4.78 is 5.40. The zero-order valence-corrected chi connectivity index (χ0v) is 20.0. The topological polar surface area (TPSA) is 91.3 Å². The zero-order valence-electron chi connectivity index (χ0n) is 18.4. The van der Waals surface area contributed by atoms with Crippen LogP contribution in [0.25, 0.3) is 0 Å². The summed E-state index contributed by atoms with van der Waals surface area (Å²) in [5, 5.41) is 8.40. The van der Waals surface area contributed by atoms with Gasteiger partial charge in [0.2, 0.25) is 5.95 Å². The van der Waals surface area contributed by atoms with E-state index in [0.29, 0.717) is 22.1 Å². The van der Waals surface area contributed by atoms with Gasteiger partial charge in [-0.15, -0.1) is 0 Å². The van der Waals surface area contributed by atoms with Crippen molar-refractivity contribution in [2.45, 2.75) is 29.9 Å². The minimum atomic E-state index is 0.489. The van der Waals surface area contributed by atoms with Gasteiger partial charge in [0.25, 0.3) is 0 Å². The quantitative estimate of drug-likeness (QED) is 0.352. The predicted molar refractivity (Wildman–Crippen MR) is 130 cm³/mol. The summed E-state index contributed by atoms with van der Waals surface area (Å²) in [6.07, 6.45) is 5.88. The van der Waals surface area contributed by atoms with Crippen LogP contribution in [0.3, 0.4) is 0 Å². The maximum Gasteiger partial charge on any atom is 0.232 e. The lowest BCUT2D eigenvalue weighted by Crippen LogP contribution is -2.42. The Kier molecular flexibility index (Phi) is 8.43. The molecule has 2 aromatic rings. The van der Waals surface area contributed by atoms with Crippen molar-refractivity contribution in [1.82, 2.24) is 30.2 Å². The molecule has 0 bridgehead atoms. The Balaban J connectivity index is 1.42. The number of hydrogen-bond acceptors (Lipinski definition) is 9. The Morgan fingerprint density at radius 1 is 1.22 bits per heavy atom. The van der Waals surface area contributed by atoms with E-state index in [1.54, 1.807) is 18.5 Å². The molecule has 0 unspecified atom stereocenters. The highest BCUT2D eigenvalue weighted by Crippen LogP contribution is 2.29. The van der Waals surface area contributed by atoms with E-state index >= 15 is 0 Å². The first-order valence-electron chi connectivity index (χ1n) is 11.1. The number of anilines is 2. The van der Waals surface area contributed by atoms with Crippen molar-refractivity contribution < 1.29 is 4.74 Å². The summed E-state index contributed by atoms with van der Waals surface area (Å²) in [6.45, 7) is 9.47. The Bertz CT molecular complexity index is 881. The molecule has 4 heterocycles. The van der Waals surface area contributed by atoms with Crippen molar-refractivity contribution in [3.63, 3.8) is 0 Å². The predicted octanol–water partition coefficient (Wildman–Crippen LogP) is 2.27. The molecule has 0 amide bonds. The molecule has 2 aliphatic heterocycles. The van der Waals surface area contributed by atoms with Crippen LogP contribution in [0.1, 0.15) is 19.8 Å². The summed E-state index contributed by atoms with van der Waals surface area (Å²) in [7, 11) is 0. The number of morpholine rings is 1. The van der Waals surface area contributed by atoms with E-state index in [1.807, 2.05) is 6.07 Å². The second-order valence-corrected chi connectivity index (χ2v) is 9.45. The number of thiocarbonyl (C=S) groups is 1. The largest absolute Gasteiger partial charge is 0.379 e. The van der Waals surface area contributed by atoms with E-state index in [9.17, 15) is 0 Å². The van der Waals surface area contributed by atoms with Crippen molar-refractivity contribution in [3.05, 3.63) is 24.5 Å². The summed E-state index contributed by atoms with van der Waals surface area (Å²) in [5.74, 6) is 2.04. The molecule has 2 aromatic heterocycles. The smallest absolute Gasteiger partial charge is 0.232 e. The van der Waals surface area contributed by atoms with Gasteiger partial charge in [-0.3, -0.25) is 4.90 Å². The first kappa shape index (κ1) is 23.1. The number of rotatable bonds is 7. The molecular formula is C21H30N8OS2. The second-order valence-electron chi connectivity index (χ2n) is 8.05. The summed E-state index contributed by atoms with van der Waals surface area (Å²) in [5.41, 5.74) is 0. The number of hydrogen-bond donors (Lipinski definition) is 2. The van der Waals surface area contributed by atoms with Gasteiger partial charge in [0.05, 0.1) is 13.2 Å². The van der Waals surface area contributed by atoms with Gasteiger partial charge in [-0.2, -0.15) is 4.98 Å². The molecule has 0 aromatic carbocycles. The highest BCUT2D eigenvalue weighted by Gasteiger charge is 2.20. The van der Waals surface area contributed by atoms with Crippen LogP contribution in [0, 0.1) is 5.92 Å². The van der Waals surface area contributed by atoms with Crippen molar-refractivity contribution in [2.75, 3.05) is 62.7 Å². The van der Waals surface area contributed by atoms with E-state index < -0.39 is 0 Å². The van der Waals surface area contributed by atoms with Crippen LogP contribution in [0.4, 0.5) is 11.8 Å². The van der Waals surface area contributed by atoms with Crippen LogP contribution in [-0.2, 0) is 4.74 Å². The molecule has 32 heavy (non-hydrogen) atoms. The van der Waals surface area contributed by atoms with Crippen molar-refractivity contribution in [1.29, 1.82) is 0 Å². The molecule has 4 rings (SSSR count). The van der Waals surface area contributed by atoms with Gasteiger partial charge < -0.3 is 20.3 Å². The molecule has 172 valence electrons. The van der Waals surface area contributed by atoms with E-state index in [-0.39, 0.29) is 0 Å². The van der Waals surface area contributed by atoms with Crippen molar-refractivity contribution >= 4 is 40.9 Å². The molecule has 11 heteroatoms. The fourth-order valence-electron chi connectivity index (χ4n) is 3.81. The van der Waals surface area contributed by atoms with E-state index in [4.69, 9.17) is 21.9 Å². The lowest BCUT2D eigenvalue weighted by Gasteiger charge is -2.32. The number of piperidine rings is 1. The summed E-state index contributed by atoms with van der Waals surface area (Å²) >= 11 is 6.93. The molecule has 2 fully saturated rings. The fourth-order valence-corrected chi connectivity index (χ4v) is 4.71. The summed E-state index contributed by atoms with van der Waals surface area (Å²) in [6, 6.07) is 3.82. The standard InChI is InChI=1S/C21H30N8OS2/c1-16-4-2-8-29(15-16)17-14-18(32-21-23-5-3-6-24-21)26-19(25-17)27-20(31)22-7-9-28-10-12-30-13-11-28/h3,5-6,14,16H,2,4,7-13,15H2,1H3,(H2,22,25,26,27,31)/t16-/m0/s1. The molecule has 2 aliphatic rings. The first-order valence-corrected chi connectivity index (χ1v) is 12.3. The number of ether oxygens (including phenoxy) is 1. The lowest BCUT2D eigenvalue weighted by atomic mass is 10.0. The van der Waals surface area contributed by atoms with Crippen LogP contribution in [0.5, 0.6) is 0 Å². The van der Waals surface area contributed by atoms with Gasteiger partial charge in [0, 0.05) is 57.7 Å². The van der Waals surface area contributed by atoms with Gasteiger partial charge in [-0.05, 0) is 48.8 Å². The van der Waals surface area contributed by atoms with Crippen molar-refractivity contribution in [2.24, 2.45) is 5.92 Å². The second kappa shape index (κ2) is 11.7. The third kappa shape index (κ3) is 6.96. The molecular weight excluding hydrogens is 444 g/mol. The number of aromatic nitrogens is 4. The van der Waals surface area contributed by atoms with Gasteiger partial charge in [0.15, 0.2) is 10.3 Å². The maximum absolute atomic E-state index is 5.50. The van der Waals surface area contributed by atoms with Crippen molar-refractivity contribution in [3.8, 4) is 0 Å². The average Bonchev–Trinajstić information content (AvgIpc) is 2.80. The first-order chi connectivity index (χ1) is 15.7. The molecule has 2 N–H and O–H groups in total. The van der Waals surface area contributed by atoms with Crippen LogP contribution in [0.15, 0.2) is 34.7 Å². The minimum absolute atomic E-state index is 0.489. The highest BCUT2D eigenvalue weighted by molar-refractivity contribution is 7.99. The minimum Gasteiger partial charge on any atom is -0.379 e.